The molecule has 112 valence electrons. The third-order valence-electron chi connectivity index (χ3n) is 3.01. The Bertz CT molecular complexity index is 664. The van der Waals surface area contributed by atoms with E-state index < -0.39 is 0 Å². The lowest BCUT2D eigenvalue weighted by molar-refractivity contribution is 0.354. The van der Waals surface area contributed by atoms with Gasteiger partial charge in [0.15, 0.2) is 11.5 Å². The van der Waals surface area contributed by atoms with Crippen LogP contribution in [0.2, 0.25) is 5.02 Å². The Morgan fingerprint density at radius 3 is 2.29 bits per heavy atom. The van der Waals surface area contributed by atoms with Gasteiger partial charge >= 0.3 is 0 Å². The highest BCUT2D eigenvalue weighted by molar-refractivity contribution is 14.1. The normalized spacial score (nSPS) is 12.1. The predicted octanol–water partition coefficient (Wildman–Crippen LogP) is 6.05. The second kappa shape index (κ2) is 7.40. The Morgan fingerprint density at radius 2 is 1.71 bits per heavy atom. The summed E-state index contributed by atoms with van der Waals surface area (Å²) in [6.45, 7) is 0. The molecule has 6 heteroatoms. The van der Waals surface area contributed by atoms with Crippen LogP contribution in [0.1, 0.15) is 16.5 Å². The molecule has 0 aliphatic rings. The standard InChI is InChI=1S/C15H12BrCl2IO2/c1-20-13-6-9(10(16)7-14(13)21-2)15(18)8-3-4-12(19)11(17)5-8/h3-7,15H,1-2H3. The molecule has 1 unspecified atom stereocenters. The molecule has 0 aromatic heterocycles. The minimum Gasteiger partial charge on any atom is -0.493 e. The summed E-state index contributed by atoms with van der Waals surface area (Å²) in [6.07, 6.45) is 0. The molecule has 0 amide bonds. The number of rotatable bonds is 4. The first-order valence-electron chi connectivity index (χ1n) is 5.98. The third kappa shape index (κ3) is 3.78. The minimum atomic E-state index is -0.339. The predicted molar refractivity (Wildman–Crippen MR) is 99.1 cm³/mol. The first-order valence-corrected chi connectivity index (χ1v) is 8.67. The SMILES string of the molecule is COc1cc(Br)c(C(Cl)c2ccc(I)c(Cl)c2)cc1OC. The Labute approximate surface area is 156 Å². The van der Waals surface area contributed by atoms with E-state index in [9.17, 15) is 0 Å². The molecule has 21 heavy (non-hydrogen) atoms. The molecule has 0 aliphatic heterocycles. The molecule has 0 saturated carbocycles. The van der Waals surface area contributed by atoms with Crippen LogP contribution in [0.25, 0.3) is 0 Å². The summed E-state index contributed by atoms with van der Waals surface area (Å²) in [7, 11) is 3.20. The van der Waals surface area contributed by atoms with Crippen LogP contribution < -0.4 is 9.47 Å². The number of methoxy groups -OCH3 is 2. The Kier molecular flexibility index (Phi) is 6.05. The van der Waals surface area contributed by atoms with E-state index in [1.54, 1.807) is 14.2 Å². The van der Waals surface area contributed by atoms with Crippen molar-refractivity contribution in [3.8, 4) is 11.5 Å². The second-order valence-electron chi connectivity index (χ2n) is 4.26. The van der Waals surface area contributed by atoms with Gasteiger partial charge in [-0.25, -0.2) is 0 Å². The maximum absolute atomic E-state index is 6.60. The highest BCUT2D eigenvalue weighted by Gasteiger charge is 2.18. The lowest BCUT2D eigenvalue weighted by Crippen LogP contribution is -1.98. The summed E-state index contributed by atoms with van der Waals surface area (Å²) < 4.78 is 12.5. The van der Waals surface area contributed by atoms with Crippen LogP contribution in [0.3, 0.4) is 0 Å². The van der Waals surface area contributed by atoms with E-state index in [0.717, 1.165) is 19.2 Å². The molecule has 0 saturated heterocycles. The first kappa shape index (κ1) is 17.2. The van der Waals surface area contributed by atoms with Crippen LogP contribution in [0.15, 0.2) is 34.8 Å². The molecule has 2 rings (SSSR count). The quantitative estimate of drug-likeness (QED) is 0.375. The fraction of sp³-hybridized carbons (Fsp3) is 0.200. The van der Waals surface area contributed by atoms with Gasteiger partial charge in [0, 0.05) is 8.04 Å². The van der Waals surface area contributed by atoms with E-state index in [1.165, 1.54) is 0 Å². The highest BCUT2D eigenvalue weighted by atomic mass is 127. The van der Waals surface area contributed by atoms with Crippen molar-refractivity contribution in [1.29, 1.82) is 0 Å². The molecule has 0 aliphatic carbocycles. The van der Waals surface area contributed by atoms with Crippen molar-refractivity contribution < 1.29 is 9.47 Å². The molecule has 2 aromatic rings. The summed E-state index contributed by atoms with van der Waals surface area (Å²) in [5.41, 5.74) is 1.82. The lowest BCUT2D eigenvalue weighted by atomic mass is 10.0. The average Bonchev–Trinajstić information content (AvgIpc) is 2.49. The Balaban J connectivity index is 2.47. The zero-order valence-corrected chi connectivity index (χ0v) is 16.5. The minimum absolute atomic E-state index is 0.339. The molecule has 2 aromatic carbocycles. The van der Waals surface area contributed by atoms with Gasteiger partial charge in [0.25, 0.3) is 0 Å². The first-order chi connectivity index (χ1) is 9.97. The molecule has 0 N–H and O–H groups in total. The molecule has 0 spiro atoms. The van der Waals surface area contributed by atoms with Gasteiger partial charge in [0.1, 0.15) is 0 Å². The van der Waals surface area contributed by atoms with Crippen LogP contribution in [-0.4, -0.2) is 14.2 Å². The van der Waals surface area contributed by atoms with Gasteiger partial charge in [-0.15, -0.1) is 11.6 Å². The largest absolute Gasteiger partial charge is 0.493 e. The molecule has 1 atom stereocenters. The van der Waals surface area contributed by atoms with Gasteiger partial charge in [0.2, 0.25) is 0 Å². The molecule has 0 radical (unpaired) electrons. The summed E-state index contributed by atoms with van der Waals surface area (Å²) in [5.74, 6) is 1.29. The maximum Gasteiger partial charge on any atom is 0.161 e. The van der Waals surface area contributed by atoms with Crippen LogP contribution in [0.5, 0.6) is 11.5 Å². The van der Waals surface area contributed by atoms with E-state index in [-0.39, 0.29) is 5.38 Å². The lowest BCUT2D eigenvalue weighted by Gasteiger charge is -2.16. The van der Waals surface area contributed by atoms with E-state index in [0.29, 0.717) is 16.5 Å². The monoisotopic (exact) mass is 500 g/mol. The zero-order chi connectivity index (χ0) is 15.6. The molecular formula is C15H12BrCl2IO2. The van der Waals surface area contributed by atoms with Gasteiger partial charge in [-0.1, -0.05) is 33.6 Å². The molecule has 2 nitrogen and oxygen atoms in total. The van der Waals surface area contributed by atoms with E-state index in [2.05, 4.69) is 38.5 Å². The number of benzene rings is 2. The Hall–Kier alpha value is -0.170. The zero-order valence-electron chi connectivity index (χ0n) is 11.3. The van der Waals surface area contributed by atoms with Gasteiger partial charge in [-0.3, -0.25) is 0 Å². The van der Waals surface area contributed by atoms with Gasteiger partial charge in [0.05, 0.1) is 24.6 Å². The van der Waals surface area contributed by atoms with Crippen LogP contribution in [-0.2, 0) is 0 Å². The average molecular weight is 502 g/mol. The number of halogens is 4. The van der Waals surface area contributed by atoms with Crippen molar-refractivity contribution in [3.63, 3.8) is 0 Å². The van der Waals surface area contributed by atoms with Gasteiger partial charge in [-0.2, -0.15) is 0 Å². The molecular weight excluding hydrogens is 490 g/mol. The molecule has 0 bridgehead atoms. The van der Waals surface area contributed by atoms with Crippen molar-refractivity contribution in [1.82, 2.24) is 0 Å². The van der Waals surface area contributed by atoms with Crippen LogP contribution >= 0.6 is 61.7 Å². The summed E-state index contributed by atoms with van der Waals surface area (Å²) in [5, 5.41) is 0.351. The van der Waals surface area contributed by atoms with Crippen molar-refractivity contribution in [2.75, 3.05) is 14.2 Å². The van der Waals surface area contributed by atoms with Crippen molar-refractivity contribution in [2.45, 2.75) is 5.38 Å². The van der Waals surface area contributed by atoms with Crippen LogP contribution in [0, 0.1) is 3.57 Å². The van der Waals surface area contributed by atoms with E-state index in [1.807, 2.05) is 30.3 Å². The fourth-order valence-corrected chi connectivity index (χ4v) is 3.44. The van der Waals surface area contributed by atoms with Gasteiger partial charge < -0.3 is 9.47 Å². The van der Waals surface area contributed by atoms with E-state index in [4.69, 9.17) is 32.7 Å². The number of ether oxygens (including phenoxy) is 2. The smallest absolute Gasteiger partial charge is 0.161 e. The second-order valence-corrected chi connectivity index (χ2v) is 7.12. The Morgan fingerprint density at radius 1 is 1.10 bits per heavy atom. The molecule has 0 fully saturated rings. The van der Waals surface area contributed by atoms with Crippen molar-refractivity contribution >= 4 is 61.7 Å². The number of alkyl halides is 1. The highest BCUT2D eigenvalue weighted by Crippen LogP contribution is 2.41. The number of hydrogen-bond acceptors (Lipinski definition) is 2. The van der Waals surface area contributed by atoms with E-state index >= 15 is 0 Å². The maximum atomic E-state index is 6.60. The fourth-order valence-electron chi connectivity index (χ4n) is 1.91. The van der Waals surface area contributed by atoms with Gasteiger partial charge in [-0.05, 0) is 58.0 Å². The van der Waals surface area contributed by atoms with Crippen molar-refractivity contribution in [2.24, 2.45) is 0 Å². The summed E-state index contributed by atoms with van der Waals surface area (Å²) >= 11 is 18.5. The van der Waals surface area contributed by atoms with Crippen LogP contribution in [0.4, 0.5) is 0 Å². The molecule has 0 heterocycles. The van der Waals surface area contributed by atoms with Crippen molar-refractivity contribution in [3.05, 3.63) is 54.5 Å². The summed E-state index contributed by atoms with van der Waals surface area (Å²) in [4.78, 5) is 0. The third-order valence-corrected chi connectivity index (χ3v) is 5.76. The number of hydrogen-bond donors (Lipinski definition) is 0. The topological polar surface area (TPSA) is 18.5 Å². The summed E-state index contributed by atoms with van der Waals surface area (Å²) in [6, 6.07) is 9.51.